The number of aliphatic hydroxyl groups is 2. The van der Waals surface area contributed by atoms with Gasteiger partial charge >= 0.3 is 0 Å². The minimum absolute atomic E-state index is 0.267. The number of carbonyl (C=O) groups is 1. The van der Waals surface area contributed by atoms with Gasteiger partial charge in [-0.1, -0.05) is 123 Å². The third kappa shape index (κ3) is 27.4. The number of amides is 1. The Hall–Kier alpha value is -0.650. The first-order valence-corrected chi connectivity index (χ1v) is 12.8. The Labute approximate surface area is 187 Å². The van der Waals surface area contributed by atoms with Crippen molar-refractivity contribution in [1.29, 1.82) is 0 Å². The summed E-state index contributed by atoms with van der Waals surface area (Å²) in [6.07, 6.45) is 22.1. The van der Waals surface area contributed by atoms with Crippen LogP contribution >= 0.6 is 0 Å². The molecule has 0 saturated heterocycles. The number of aliphatic hydroxyl groups excluding tert-OH is 2. The van der Waals surface area contributed by atoms with Gasteiger partial charge in [-0.2, -0.15) is 0 Å². The molecule has 0 aliphatic carbocycles. The second-order valence-corrected chi connectivity index (χ2v) is 8.69. The van der Waals surface area contributed by atoms with Gasteiger partial charge in [0.15, 0.2) is 0 Å². The van der Waals surface area contributed by atoms with Gasteiger partial charge < -0.3 is 21.7 Å². The zero-order valence-electron chi connectivity index (χ0n) is 20.3. The average Bonchev–Trinajstić information content (AvgIpc) is 2.74. The van der Waals surface area contributed by atoms with Gasteiger partial charge in [0.05, 0.1) is 6.10 Å². The van der Waals surface area contributed by atoms with E-state index >= 15 is 0 Å². The van der Waals surface area contributed by atoms with E-state index in [4.69, 9.17) is 16.6 Å². The van der Waals surface area contributed by atoms with E-state index < -0.39 is 12.0 Å². The molecule has 30 heavy (non-hydrogen) atoms. The lowest BCUT2D eigenvalue weighted by molar-refractivity contribution is -0.126. The summed E-state index contributed by atoms with van der Waals surface area (Å²) in [6.45, 7) is 4.82. The van der Waals surface area contributed by atoms with Crippen LogP contribution in [0.1, 0.15) is 136 Å². The molecule has 0 bridgehead atoms. The van der Waals surface area contributed by atoms with Crippen LogP contribution in [0.15, 0.2) is 0 Å². The number of unbranched alkanes of at least 4 members (excludes halogenated alkanes) is 15. The van der Waals surface area contributed by atoms with Gasteiger partial charge in [0, 0.05) is 6.54 Å². The third-order valence-corrected chi connectivity index (χ3v) is 5.57. The molecule has 0 aliphatic rings. The van der Waals surface area contributed by atoms with E-state index in [1.54, 1.807) is 0 Å². The summed E-state index contributed by atoms with van der Waals surface area (Å²) >= 11 is 0. The van der Waals surface area contributed by atoms with Gasteiger partial charge in [0.25, 0.3) is 0 Å². The topological polar surface area (TPSA) is 110 Å². The Kier molecular flexibility index (Phi) is 27.7. The highest BCUT2D eigenvalue weighted by Gasteiger charge is 2.09. The number of primary amides is 1. The van der Waals surface area contributed by atoms with E-state index in [-0.39, 0.29) is 6.10 Å². The van der Waals surface area contributed by atoms with Crippen LogP contribution in [-0.2, 0) is 4.79 Å². The molecule has 0 aromatic rings. The molecule has 0 fully saturated rings. The first-order valence-electron chi connectivity index (χ1n) is 12.8. The van der Waals surface area contributed by atoms with Crippen molar-refractivity contribution in [1.82, 2.24) is 0 Å². The number of hydrogen-bond acceptors (Lipinski definition) is 4. The average molecular weight is 431 g/mol. The lowest BCUT2D eigenvalue weighted by atomic mass is 10.0. The van der Waals surface area contributed by atoms with Crippen LogP contribution in [0.3, 0.4) is 0 Å². The van der Waals surface area contributed by atoms with Crippen molar-refractivity contribution >= 4 is 5.91 Å². The molecule has 1 amide bonds. The van der Waals surface area contributed by atoms with E-state index in [0.717, 1.165) is 25.7 Å². The minimum Gasteiger partial charge on any atom is -0.392 e. The molecule has 0 aliphatic heterocycles. The predicted molar refractivity (Wildman–Crippen MR) is 129 cm³/mol. The van der Waals surface area contributed by atoms with Crippen molar-refractivity contribution in [2.75, 3.05) is 6.54 Å². The molecular formula is C25H54N2O3. The van der Waals surface area contributed by atoms with Crippen molar-refractivity contribution in [2.24, 2.45) is 11.5 Å². The van der Waals surface area contributed by atoms with Crippen LogP contribution < -0.4 is 11.5 Å². The Morgan fingerprint density at radius 2 is 0.967 bits per heavy atom. The fourth-order valence-corrected chi connectivity index (χ4v) is 3.42. The van der Waals surface area contributed by atoms with Crippen LogP contribution in [0.5, 0.6) is 0 Å². The molecule has 182 valence electrons. The standard InChI is InChI=1S/C18H37NO2.C7H17NO/c1-2-3-4-5-6-7-8-9-10-11-12-13-14-15-16-17(20)18(19)21;1-2-3-4-5-7(9)6-8/h17,20H,2-16H2,1H3,(H2,19,21);7,9H,2-6,8H2,1H3. The summed E-state index contributed by atoms with van der Waals surface area (Å²) in [5, 5.41) is 18.2. The van der Waals surface area contributed by atoms with Crippen molar-refractivity contribution < 1.29 is 15.0 Å². The first-order chi connectivity index (χ1) is 14.5. The highest BCUT2D eigenvalue weighted by atomic mass is 16.3. The molecular weight excluding hydrogens is 376 g/mol. The Morgan fingerprint density at radius 3 is 1.33 bits per heavy atom. The van der Waals surface area contributed by atoms with Gasteiger partial charge in [-0.25, -0.2) is 0 Å². The molecule has 5 heteroatoms. The lowest BCUT2D eigenvalue weighted by Crippen LogP contribution is -2.27. The van der Waals surface area contributed by atoms with E-state index in [9.17, 15) is 9.90 Å². The van der Waals surface area contributed by atoms with Crippen molar-refractivity contribution in [3.05, 3.63) is 0 Å². The molecule has 0 aromatic carbocycles. The van der Waals surface area contributed by atoms with E-state index in [1.807, 2.05) is 0 Å². The smallest absolute Gasteiger partial charge is 0.246 e. The van der Waals surface area contributed by atoms with Gasteiger partial charge in [0.1, 0.15) is 6.10 Å². The minimum atomic E-state index is -0.942. The summed E-state index contributed by atoms with van der Waals surface area (Å²) < 4.78 is 0. The molecule has 5 nitrogen and oxygen atoms in total. The van der Waals surface area contributed by atoms with Crippen molar-refractivity contribution in [2.45, 2.75) is 148 Å². The maximum atomic E-state index is 10.6. The molecule has 2 atom stereocenters. The van der Waals surface area contributed by atoms with Gasteiger partial charge in [-0.05, 0) is 12.8 Å². The summed E-state index contributed by atoms with van der Waals surface area (Å²) in [4.78, 5) is 10.6. The zero-order chi connectivity index (χ0) is 22.9. The molecule has 2 unspecified atom stereocenters. The predicted octanol–water partition coefficient (Wildman–Crippen LogP) is 5.59. The Bertz CT molecular complexity index is 340. The fraction of sp³-hybridized carbons (Fsp3) is 0.960. The fourth-order valence-electron chi connectivity index (χ4n) is 3.42. The molecule has 0 radical (unpaired) electrons. The monoisotopic (exact) mass is 430 g/mol. The second-order valence-electron chi connectivity index (χ2n) is 8.69. The third-order valence-electron chi connectivity index (χ3n) is 5.57. The van der Waals surface area contributed by atoms with Crippen LogP contribution in [0.2, 0.25) is 0 Å². The van der Waals surface area contributed by atoms with Crippen LogP contribution in [0.4, 0.5) is 0 Å². The maximum absolute atomic E-state index is 10.6. The molecule has 0 heterocycles. The van der Waals surface area contributed by atoms with Gasteiger partial charge in [0.2, 0.25) is 5.91 Å². The molecule has 0 saturated carbocycles. The van der Waals surface area contributed by atoms with E-state index in [2.05, 4.69) is 13.8 Å². The zero-order valence-corrected chi connectivity index (χ0v) is 20.3. The Balaban J connectivity index is 0. The largest absolute Gasteiger partial charge is 0.392 e. The summed E-state index contributed by atoms with van der Waals surface area (Å²) in [5.41, 5.74) is 10.2. The maximum Gasteiger partial charge on any atom is 0.246 e. The summed E-state index contributed by atoms with van der Waals surface area (Å²) in [6, 6.07) is 0. The molecule has 0 aromatic heterocycles. The van der Waals surface area contributed by atoms with Crippen molar-refractivity contribution in [3.8, 4) is 0 Å². The van der Waals surface area contributed by atoms with Gasteiger partial charge in [-0.15, -0.1) is 0 Å². The number of nitrogens with two attached hydrogens (primary N) is 2. The highest BCUT2D eigenvalue weighted by molar-refractivity contribution is 5.78. The van der Waals surface area contributed by atoms with E-state index in [1.165, 1.54) is 89.9 Å². The normalized spacial score (nSPS) is 12.8. The Morgan fingerprint density at radius 1 is 0.633 bits per heavy atom. The lowest BCUT2D eigenvalue weighted by Gasteiger charge is -2.06. The second kappa shape index (κ2) is 26.4. The quantitative estimate of drug-likeness (QED) is 0.178. The molecule has 0 rings (SSSR count). The number of hydrogen-bond donors (Lipinski definition) is 4. The molecule has 6 N–H and O–H groups in total. The number of rotatable bonds is 21. The number of carbonyl (C=O) groups excluding carboxylic acids is 1. The van der Waals surface area contributed by atoms with Crippen LogP contribution in [-0.4, -0.2) is 34.9 Å². The SMILES string of the molecule is CCCCCC(O)CN.CCCCCCCCCCCCCCCCC(O)C(N)=O. The van der Waals surface area contributed by atoms with Crippen LogP contribution in [0, 0.1) is 0 Å². The summed E-state index contributed by atoms with van der Waals surface area (Å²) in [7, 11) is 0. The first kappa shape index (κ1) is 31.5. The highest BCUT2D eigenvalue weighted by Crippen LogP contribution is 2.13. The van der Waals surface area contributed by atoms with Crippen LogP contribution in [0.25, 0.3) is 0 Å². The van der Waals surface area contributed by atoms with Gasteiger partial charge in [-0.3, -0.25) is 4.79 Å². The van der Waals surface area contributed by atoms with E-state index in [0.29, 0.717) is 13.0 Å². The van der Waals surface area contributed by atoms with Crippen molar-refractivity contribution in [3.63, 3.8) is 0 Å². The molecule has 0 spiro atoms. The summed E-state index contributed by atoms with van der Waals surface area (Å²) in [5.74, 6) is -0.593.